The van der Waals surface area contributed by atoms with Gasteiger partial charge in [0.25, 0.3) is 0 Å². The van der Waals surface area contributed by atoms with Crippen molar-refractivity contribution in [3.8, 4) is 0 Å². The lowest BCUT2D eigenvalue weighted by Gasteiger charge is -2.26. The van der Waals surface area contributed by atoms with Gasteiger partial charge in [0.15, 0.2) is 5.82 Å². The standard InChI is InChI=1S/C15H17ClN4/c1-17-15-18-9-13(16)14(20-15)19-12-7-6-10-4-2-3-5-11(10)8-12/h2-5,9,12H,6-8H2,1H3,(H2,17,18,19,20). The van der Waals surface area contributed by atoms with Crippen LogP contribution in [0, 0.1) is 0 Å². The molecule has 0 spiro atoms. The van der Waals surface area contributed by atoms with Crippen molar-refractivity contribution in [3.63, 3.8) is 0 Å². The van der Waals surface area contributed by atoms with Gasteiger partial charge in [0, 0.05) is 13.1 Å². The van der Waals surface area contributed by atoms with E-state index in [0.29, 0.717) is 22.8 Å². The Hall–Kier alpha value is -1.81. The van der Waals surface area contributed by atoms with Gasteiger partial charge in [-0.05, 0) is 30.4 Å². The summed E-state index contributed by atoms with van der Waals surface area (Å²) in [7, 11) is 1.80. The lowest BCUT2D eigenvalue weighted by Crippen LogP contribution is -2.28. The highest BCUT2D eigenvalue weighted by Crippen LogP contribution is 2.26. The molecule has 1 heterocycles. The van der Waals surface area contributed by atoms with Crippen LogP contribution in [0.1, 0.15) is 17.5 Å². The van der Waals surface area contributed by atoms with Gasteiger partial charge in [-0.1, -0.05) is 35.9 Å². The second-order valence-corrected chi connectivity index (χ2v) is 5.40. The fourth-order valence-electron chi connectivity index (χ4n) is 2.60. The van der Waals surface area contributed by atoms with Gasteiger partial charge in [0.1, 0.15) is 5.02 Å². The molecule has 4 nitrogen and oxygen atoms in total. The molecular weight excluding hydrogens is 272 g/mol. The first-order valence-electron chi connectivity index (χ1n) is 6.80. The molecule has 0 aliphatic heterocycles. The fraction of sp³-hybridized carbons (Fsp3) is 0.333. The minimum atomic E-state index is 0.363. The van der Waals surface area contributed by atoms with E-state index in [9.17, 15) is 0 Å². The highest BCUT2D eigenvalue weighted by atomic mass is 35.5. The maximum Gasteiger partial charge on any atom is 0.224 e. The first-order chi connectivity index (χ1) is 9.76. The lowest BCUT2D eigenvalue weighted by atomic mass is 9.88. The molecule has 20 heavy (non-hydrogen) atoms. The van der Waals surface area contributed by atoms with Crippen LogP contribution in [-0.2, 0) is 12.8 Å². The maximum atomic E-state index is 6.16. The summed E-state index contributed by atoms with van der Waals surface area (Å²) in [6, 6.07) is 8.97. The number of nitrogens with one attached hydrogen (secondary N) is 2. The number of aryl methyl sites for hydroxylation is 1. The molecule has 2 N–H and O–H groups in total. The molecular formula is C15H17ClN4. The number of hydrogen-bond acceptors (Lipinski definition) is 4. The average molecular weight is 289 g/mol. The summed E-state index contributed by atoms with van der Waals surface area (Å²) in [4.78, 5) is 8.47. The molecule has 0 saturated heterocycles. The van der Waals surface area contributed by atoms with Crippen LogP contribution in [0.5, 0.6) is 0 Å². The van der Waals surface area contributed by atoms with Crippen molar-refractivity contribution in [1.82, 2.24) is 9.97 Å². The van der Waals surface area contributed by atoms with E-state index in [1.165, 1.54) is 11.1 Å². The van der Waals surface area contributed by atoms with Gasteiger partial charge < -0.3 is 10.6 Å². The lowest BCUT2D eigenvalue weighted by molar-refractivity contribution is 0.609. The Morgan fingerprint density at radius 2 is 2.05 bits per heavy atom. The van der Waals surface area contributed by atoms with E-state index < -0.39 is 0 Å². The second-order valence-electron chi connectivity index (χ2n) is 4.99. The Bertz CT molecular complexity index is 615. The van der Waals surface area contributed by atoms with Gasteiger partial charge in [-0.2, -0.15) is 4.98 Å². The second kappa shape index (κ2) is 5.67. The minimum absolute atomic E-state index is 0.363. The molecule has 0 radical (unpaired) electrons. The van der Waals surface area contributed by atoms with E-state index in [-0.39, 0.29) is 0 Å². The van der Waals surface area contributed by atoms with Crippen LogP contribution in [0.2, 0.25) is 5.02 Å². The Morgan fingerprint density at radius 3 is 2.85 bits per heavy atom. The first-order valence-corrected chi connectivity index (χ1v) is 7.17. The summed E-state index contributed by atoms with van der Waals surface area (Å²) in [5.74, 6) is 1.28. The monoisotopic (exact) mass is 288 g/mol. The smallest absolute Gasteiger partial charge is 0.224 e. The van der Waals surface area contributed by atoms with Crippen LogP contribution in [-0.4, -0.2) is 23.1 Å². The van der Waals surface area contributed by atoms with E-state index in [4.69, 9.17) is 11.6 Å². The SMILES string of the molecule is CNc1ncc(Cl)c(NC2CCc3ccccc3C2)n1. The molecule has 3 rings (SSSR count). The molecule has 5 heteroatoms. The number of rotatable bonds is 3. The highest BCUT2D eigenvalue weighted by Gasteiger charge is 2.19. The molecule has 0 fully saturated rings. The maximum absolute atomic E-state index is 6.16. The van der Waals surface area contributed by atoms with Gasteiger partial charge >= 0.3 is 0 Å². The van der Waals surface area contributed by atoms with Crippen LogP contribution in [0.15, 0.2) is 30.5 Å². The predicted octanol–water partition coefficient (Wildman–Crippen LogP) is 3.14. The highest BCUT2D eigenvalue weighted by molar-refractivity contribution is 6.32. The minimum Gasteiger partial charge on any atom is -0.366 e. The van der Waals surface area contributed by atoms with E-state index >= 15 is 0 Å². The van der Waals surface area contributed by atoms with Crippen molar-refractivity contribution in [2.75, 3.05) is 17.7 Å². The summed E-state index contributed by atoms with van der Waals surface area (Å²) in [6.07, 6.45) is 4.81. The third kappa shape index (κ3) is 2.70. The number of fused-ring (bicyclic) bond motifs is 1. The van der Waals surface area contributed by atoms with E-state index in [0.717, 1.165) is 19.3 Å². The summed E-state index contributed by atoms with van der Waals surface area (Å²) in [5.41, 5.74) is 2.87. The third-order valence-electron chi connectivity index (χ3n) is 3.66. The molecule has 1 aliphatic rings. The number of hydrogen-bond donors (Lipinski definition) is 2. The van der Waals surface area contributed by atoms with Crippen molar-refractivity contribution in [1.29, 1.82) is 0 Å². The zero-order valence-corrected chi connectivity index (χ0v) is 12.1. The summed E-state index contributed by atoms with van der Waals surface area (Å²) in [6.45, 7) is 0. The molecule has 0 saturated carbocycles. The average Bonchev–Trinajstić information content (AvgIpc) is 2.49. The molecule has 104 valence electrons. The van der Waals surface area contributed by atoms with Gasteiger partial charge in [-0.25, -0.2) is 4.98 Å². The van der Waals surface area contributed by atoms with Gasteiger partial charge in [-0.3, -0.25) is 0 Å². The molecule has 0 amide bonds. The Morgan fingerprint density at radius 1 is 1.25 bits per heavy atom. The molecule has 1 aromatic carbocycles. The van der Waals surface area contributed by atoms with Crippen molar-refractivity contribution in [2.24, 2.45) is 0 Å². The van der Waals surface area contributed by atoms with Crippen LogP contribution >= 0.6 is 11.6 Å². The van der Waals surface area contributed by atoms with Crippen LogP contribution in [0.3, 0.4) is 0 Å². The molecule has 1 atom stereocenters. The molecule has 2 aromatic rings. The van der Waals surface area contributed by atoms with Crippen molar-refractivity contribution in [2.45, 2.75) is 25.3 Å². The predicted molar refractivity (Wildman–Crippen MR) is 82.5 cm³/mol. The van der Waals surface area contributed by atoms with Crippen molar-refractivity contribution in [3.05, 3.63) is 46.6 Å². The van der Waals surface area contributed by atoms with Gasteiger partial charge in [0.2, 0.25) is 5.95 Å². The Kier molecular flexibility index (Phi) is 3.74. The Labute approximate surface area is 123 Å². The van der Waals surface area contributed by atoms with E-state index in [1.54, 1.807) is 13.2 Å². The van der Waals surface area contributed by atoms with Gasteiger partial charge in [0.05, 0.1) is 6.20 Å². The van der Waals surface area contributed by atoms with Gasteiger partial charge in [-0.15, -0.1) is 0 Å². The van der Waals surface area contributed by atoms with Crippen molar-refractivity contribution >= 4 is 23.4 Å². The van der Waals surface area contributed by atoms with Crippen LogP contribution in [0.4, 0.5) is 11.8 Å². The summed E-state index contributed by atoms with van der Waals surface area (Å²) >= 11 is 6.16. The molecule has 1 unspecified atom stereocenters. The number of nitrogens with zero attached hydrogens (tertiary/aromatic N) is 2. The zero-order valence-electron chi connectivity index (χ0n) is 11.4. The van der Waals surface area contributed by atoms with E-state index in [2.05, 4.69) is 44.9 Å². The van der Waals surface area contributed by atoms with E-state index in [1.807, 2.05) is 0 Å². The normalized spacial score (nSPS) is 17.4. The number of benzene rings is 1. The van der Waals surface area contributed by atoms with Crippen LogP contribution in [0.25, 0.3) is 0 Å². The zero-order chi connectivity index (χ0) is 13.9. The summed E-state index contributed by atoms with van der Waals surface area (Å²) in [5, 5.41) is 6.93. The first kappa shape index (κ1) is 13.2. The number of aromatic nitrogens is 2. The fourth-order valence-corrected chi connectivity index (χ4v) is 2.75. The number of halogens is 1. The number of anilines is 2. The third-order valence-corrected chi connectivity index (χ3v) is 3.93. The quantitative estimate of drug-likeness (QED) is 0.911. The van der Waals surface area contributed by atoms with Crippen molar-refractivity contribution < 1.29 is 0 Å². The van der Waals surface area contributed by atoms with Crippen LogP contribution < -0.4 is 10.6 Å². The Balaban J connectivity index is 1.76. The molecule has 1 aromatic heterocycles. The molecule has 0 bridgehead atoms. The topological polar surface area (TPSA) is 49.8 Å². The largest absolute Gasteiger partial charge is 0.366 e. The summed E-state index contributed by atoms with van der Waals surface area (Å²) < 4.78 is 0. The molecule has 1 aliphatic carbocycles.